The third-order valence-corrected chi connectivity index (χ3v) is 4.56. The Balaban J connectivity index is 1.73. The van der Waals surface area contributed by atoms with Crippen LogP contribution in [0.15, 0.2) is 36.5 Å². The number of amides is 1. The van der Waals surface area contributed by atoms with Crippen molar-refractivity contribution in [3.05, 3.63) is 59.4 Å². The zero-order chi connectivity index (χ0) is 18.1. The molecule has 8 heteroatoms. The molecule has 2 N–H and O–H groups in total. The van der Waals surface area contributed by atoms with Crippen LogP contribution in [0.25, 0.3) is 5.69 Å². The highest BCUT2D eigenvalue weighted by atomic mass is 16.1. The number of aromatic nitrogens is 5. The Kier molecular flexibility index (Phi) is 3.97. The van der Waals surface area contributed by atoms with E-state index in [1.807, 2.05) is 29.1 Å². The summed E-state index contributed by atoms with van der Waals surface area (Å²) in [5, 5.41) is 17.8. The van der Waals surface area contributed by atoms with Crippen LogP contribution in [0.3, 0.4) is 0 Å². The van der Waals surface area contributed by atoms with Crippen molar-refractivity contribution in [2.24, 2.45) is 5.73 Å². The molecule has 0 aliphatic carbocycles. The van der Waals surface area contributed by atoms with Crippen molar-refractivity contribution in [2.75, 3.05) is 0 Å². The molecule has 1 aliphatic heterocycles. The number of fused-ring (bicyclic) bond motifs is 1. The molecule has 26 heavy (non-hydrogen) atoms. The van der Waals surface area contributed by atoms with Gasteiger partial charge < -0.3 is 5.73 Å². The maximum absolute atomic E-state index is 11.3. The predicted molar refractivity (Wildman–Crippen MR) is 92.3 cm³/mol. The van der Waals surface area contributed by atoms with E-state index in [1.54, 1.807) is 16.8 Å². The van der Waals surface area contributed by atoms with Gasteiger partial charge in [-0.3, -0.25) is 9.48 Å². The molecule has 0 spiro atoms. The molecule has 1 amide bonds. The van der Waals surface area contributed by atoms with Gasteiger partial charge in [-0.05, 0) is 43.2 Å². The molecule has 0 radical (unpaired) electrons. The van der Waals surface area contributed by atoms with Gasteiger partial charge in [0.15, 0.2) is 5.82 Å². The summed E-state index contributed by atoms with van der Waals surface area (Å²) >= 11 is 0. The van der Waals surface area contributed by atoms with Crippen LogP contribution in [-0.4, -0.2) is 30.5 Å². The third kappa shape index (κ3) is 2.95. The number of benzene rings is 1. The maximum Gasteiger partial charge on any atom is 0.225 e. The summed E-state index contributed by atoms with van der Waals surface area (Å²) in [6.45, 7) is 0.818. The highest BCUT2D eigenvalue weighted by molar-refractivity contribution is 5.75. The minimum atomic E-state index is -0.463. The lowest BCUT2D eigenvalue weighted by Crippen LogP contribution is -2.21. The van der Waals surface area contributed by atoms with Gasteiger partial charge in [0.25, 0.3) is 0 Å². The average Bonchev–Trinajstić information content (AvgIpc) is 3.27. The summed E-state index contributed by atoms with van der Waals surface area (Å²) in [6, 6.07) is 11.3. The highest BCUT2D eigenvalue weighted by Crippen LogP contribution is 2.29. The quantitative estimate of drug-likeness (QED) is 0.758. The van der Waals surface area contributed by atoms with E-state index in [0.717, 1.165) is 36.6 Å². The Morgan fingerprint density at radius 1 is 1.31 bits per heavy atom. The highest BCUT2D eigenvalue weighted by Gasteiger charge is 2.26. The maximum atomic E-state index is 11.3. The Bertz CT molecular complexity index is 993. The molecule has 1 aliphatic rings. The molecule has 3 heterocycles. The Hall–Kier alpha value is -3.47. The number of nitrogens with zero attached hydrogens (tertiary/aromatic N) is 6. The molecule has 130 valence electrons. The Morgan fingerprint density at radius 2 is 2.12 bits per heavy atom. The second kappa shape index (κ2) is 6.44. The van der Waals surface area contributed by atoms with Crippen molar-refractivity contribution < 1.29 is 4.79 Å². The van der Waals surface area contributed by atoms with Gasteiger partial charge in [0.05, 0.1) is 23.7 Å². The van der Waals surface area contributed by atoms with Crippen molar-refractivity contribution in [1.82, 2.24) is 24.5 Å². The Morgan fingerprint density at radius 3 is 2.85 bits per heavy atom. The van der Waals surface area contributed by atoms with Gasteiger partial charge in [-0.1, -0.05) is 0 Å². The van der Waals surface area contributed by atoms with Crippen molar-refractivity contribution in [1.29, 1.82) is 5.26 Å². The number of primary amides is 1. The summed E-state index contributed by atoms with van der Waals surface area (Å²) in [6.07, 6.45) is 3.51. The summed E-state index contributed by atoms with van der Waals surface area (Å²) < 4.78 is 3.76. The van der Waals surface area contributed by atoms with Crippen LogP contribution in [0.4, 0.5) is 0 Å². The molecule has 0 saturated carbocycles. The normalized spacial score (nSPS) is 16.0. The van der Waals surface area contributed by atoms with Crippen molar-refractivity contribution in [3.8, 4) is 11.8 Å². The number of carbonyl (C=O) groups excluding carboxylic acids is 1. The molecule has 0 saturated heterocycles. The lowest BCUT2D eigenvalue weighted by molar-refractivity contribution is -0.117. The first-order chi connectivity index (χ1) is 12.6. The number of rotatable bonds is 4. The van der Waals surface area contributed by atoms with E-state index >= 15 is 0 Å². The standard InChI is InChI=1S/C18H17N7O/c19-11-12-1-3-14(4-2-12)25-18(22-17(23-25)10-16(20)26)13-6-8-24-15(9-13)5-7-21-24/h1-5,7,13H,6,8-10H2,(H2,20,26). The van der Waals surface area contributed by atoms with Gasteiger partial charge in [0.2, 0.25) is 5.91 Å². The first kappa shape index (κ1) is 16.0. The van der Waals surface area contributed by atoms with Crippen LogP contribution in [-0.2, 0) is 24.2 Å². The molecule has 8 nitrogen and oxygen atoms in total. The minimum Gasteiger partial charge on any atom is -0.369 e. The van der Waals surface area contributed by atoms with Crippen LogP contribution < -0.4 is 5.73 Å². The van der Waals surface area contributed by atoms with Crippen LogP contribution in [0.2, 0.25) is 0 Å². The number of carbonyl (C=O) groups is 1. The van der Waals surface area contributed by atoms with Gasteiger partial charge in [-0.2, -0.15) is 15.5 Å². The zero-order valence-electron chi connectivity index (χ0n) is 14.0. The van der Waals surface area contributed by atoms with Crippen molar-refractivity contribution in [3.63, 3.8) is 0 Å². The molecule has 1 atom stereocenters. The van der Waals surface area contributed by atoms with Crippen LogP contribution in [0.1, 0.15) is 35.2 Å². The van der Waals surface area contributed by atoms with E-state index < -0.39 is 5.91 Å². The van der Waals surface area contributed by atoms with Gasteiger partial charge in [-0.25, -0.2) is 9.67 Å². The van der Waals surface area contributed by atoms with E-state index in [1.165, 1.54) is 0 Å². The van der Waals surface area contributed by atoms with Crippen LogP contribution in [0, 0.1) is 11.3 Å². The fraction of sp³-hybridized carbons (Fsp3) is 0.278. The van der Waals surface area contributed by atoms with E-state index in [9.17, 15) is 4.79 Å². The topological polar surface area (TPSA) is 115 Å². The van der Waals surface area contributed by atoms with E-state index in [4.69, 9.17) is 11.0 Å². The number of hydrogen-bond acceptors (Lipinski definition) is 5. The van der Waals surface area contributed by atoms with Crippen LogP contribution >= 0.6 is 0 Å². The van der Waals surface area contributed by atoms with Crippen molar-refractivity contribution >= 4 is 5.91 Å². The second-order valence-electron chi connectivity index (χ2n) is 6.34. The average molecular weight is 347 g/mol. The summed E-state index contributed by atoms with van der Waals surface area (Å²) in [4.78, 5) is 15.9. The van der Waals surface area contributed by atoms with Gasteiger partial charge in [0, 0.05) is 24.4 Å². The lowest BCUT2D eigenvalue weighted by Gasteiger charge is -2.23. The van der Waals surface area contributed by atoms with Gasteiger partial charge in [-0.15, -0.1) is 0 Å². The fourth-order valence-electron chi connectivity index (χ4n) is 3.32. The summed E-state index contributed by atoms with van der Waals surface area (Å²) in [5.41, 5.74) is 7.86. The molecular weight excluding hydrogens is 330 g/mol. The summed E-state index contributed by atoms with van der Waals surface area (Å²) in [5.74, 6) is 0.925. The molecule has 3 aromatic rings. The van der Waals surface area contributed by atoms with Gasteiger partial charge in [0.1, 0.15) is 5.82 Å². The Labute approximate surface area is 149 Å². The monoisotopic (exact) mass is 347 g/mol. The van der Waals surface area contributed by atoms with E-state index in [-0.39, 0.29) is 12.3 Å². The number of aryl methyl sites for hydroxylation is 1. The smallest absolute Gasteiger partial charge is 0.225 e. The van der Waals surface area contributed by atoms with Crippen molar-refractivity contribution in [2.45, 2.75) is 31.7 Å². The number of nitrogens with two attached hydrogens (primary N) is 1. The SMILES string of the molecule is N#Cc1ccc(-n2nc(CC(N)=O)nc2C2CCn3nccc3C2)cc1. The molecule has 0 bridgehead atoms. The third-order valence-electron chi connectivity index (χ3n) is 4.56. The molecule has 0 fully saturated rings. The minimum absolute atomic E-state index is 0.000924. The first-order valence-electron chi connectivity index (χ1n) is 8.39. The lowest BCUT2D eigenvalue weighted by atomic mass is 9.95. The van der Waals surface area contributed by atoms with Gasteiger partial charge >= 0.3 is 0 Å². The summed E-state index contributed by atoms with van der Waals surface area (Å²) in [7, 11) is 0. The zero-order valence-corrected chi connectivity index (χ0v) is 14.0. The van der Waals surface area contributed by atoms with Crippen LogP contribution in [0.5, 0.6) is 0 Å². The molecule has 4 rings (SSSR count). The molecule has 1 aromatic carbocycles. The fourth-order valence-corrected chi connectivity index (χ4v) is 3.32. The largest absolute Gasteiger partial charge is 0.369 e. The molecule has 2 aromatic heterocycles. The second-order valence-corrected chi connectivity index (χ2v) is 6.34. The predicted octanol–water partition coefficient (Wildman–Crippen LogP) is 1.09. The first-order valence-corrected chi connectivity index (χ1v) is 8.39. The number of nitriles is 1. The van der Waals surface area contributed by atoms with E-state index in [0.29, 0.717) is 11.4 Å². The number of hydrogen-bond donors (Lipinski definition) is 1. The molecular formula is C18H17N7O. The van der Waals surface area contributed by atoms with E-state index in [2.05, 4.69) is 21.3 Å². The molecule has 1 unspecified atom stereocenters.